The van der Waals surface area contributed by atoms with Crippen molar-refractivity contribution >= 4 is 23.6 Å². The van der Waals surface area contributed by atoms with Crippen LogP contribution in [-0.4, -0.2) is 65.7 Å². The molecule has 1 saturated heterocycles. The lowest BCUT2D eigenvalue weighted by molar-refractivity contribution is -0.00506. The molecule has 8 heteroatoms. The van der Waals surface area contributed by atoms with Crippen molar-refractivity contribution in [1.29, 1.82) is 0 Å². The number of aromatic nitrogens is 1. The summed E-state index contributed by atoms with van der Waals surface area (Å²) in [6.45, 7) is 7.19. The number of hydrogen-bond acceptors (Lipinski definition) is 5. The Bertz CT molecular complexity index is 804. The van der Waals surface area contributed by atoms with Gasteiger partial charge in [-0.1, -0.05) is 11.6 Å². The number of piperidine rings is 1. The van der Waals surface area contributed by atoms with Gasteiger partial charge in [-0.05, 0) is 70.8 Å². The van der Waals surface area contributed by atoms with Crippen molar-refractivity contribution in [3.05, 3.63) is 22.8 Å². The Hall–Kier alpha value is -2.02. The summed E-state index contributed by atoms with van der Waals surface area (Å²) >= 11 is 6.20. The van der Waals surface area contributed by atoms with Crippen LogP contribution in [0.5, 0.6) is 5.88 Å². The van der Waals surface area contributed by atoms with Crippen molar-refractivity contribution in [1.82, 2.24) is 14.8 Å². The zero-order valence-electron chi connectivity index (χ0n) is 19.2. The molecule has 2 amide bonds. The first-order valence-corrected chi connectivity index (χ1v) is 11.4. The molecule has 0 radical (unpaired) electrons. The second-order valence-electron chi connectivity index (χ2n) is 9.97. The van der Waals surface area contributed by atoms with Gasteiger partial charge in [0.15, 0.2) is 0 Å². The average molecular weight is 452 g/mol. The number of carbonyl (C=O) groups excluding carboxylic acids is 2. The third-order valence-electron chi connectivity index (χ3n) is 6.22. The first kappa shape index (κ1) is 23.6. The number of amides is 2. The fourth-order valence-electron chi connectivity index (χ4n) is 4.37. The largest absolute Gasteiger partial charge is 0.474 e. The van der Waals surface area contributed by atoms with E-state index in [0.717, 1.165) is 51.6 Å². The van der Waals surface area contributed by atoms with Crippen LogP contribution < -0.4 is 4.74 Å². The molecule has 1 aromatic heterocycles. The number of pyridine rings is 1. The van der Waals surface area contributed by atoms with E-state index in [0.29, 0.717) is 11.4 Å². The molecule has 1 aliphatic heterocycles. The summed E-state index contributed by atoms with van der Waals surface area (Å²) in [6.07, 6.45) is 5.94. The molecule has 2 aliphatic rings. The maximum atomic E-state index is 12.3. The van der Waals surface area contributed by atoms with E-state index in [9.17, 15) is 9.59 Å². The third kappa shape index (κ3) is 6.03. The highest BCUT2D eigenvalue weighted by Gasteiger charge is 2.40. The highest BCUT2D eigenvalue weighted by molar-refractivity contribution is 6.32. The predicted molar refractivity (Wildman–Crippen MR) is 120 cm³/mol. The van der Waals surface area contributed by atoms with Gasteiger partial charge in [0.2, 0.25) is 5.88 Å². The Morgan fingerprint density at radius 3 is 2.26 bits per heavy atom. The molecule has 2 heterocycles. The number of nitrogens with zero attached hydrogens (tertiary/aromatic N) is 3. The van der Waals surface area contributed by atoms with Crippen LogP contribution in [0.2, 0.25) is 5.15 Å². The molecule has 2 fully saturated rings. The highest BCUT2D eigenvalue weighted by Crippen LogP contribution is 2.45. The van der Waals surface area contributed by atoms with Crippen molar-refractivity contribution in [2.24, 2.45) is 5.41 Å². The van der Waals surface area contributed by atoms with Crippen molar-refractivity contribution < 1.29 is 19.1 Å². The highest BCUT2D eigenvalue weighted by atomic mass is 35.5. The van der Waals surface area contributed by atoms with Gasteiger partial charge >= 0.3 is 6.09 Å². The second-order valence-corrected chi connectivity index (χ2v) is 10.3. The summed E-state index contributed by atoms with van der Waals surface area (Å²) in [5.74, 6) is 0.280. The Balaban J connectivity index is 1.50. The molecule has 0 atom stereocenters. The van der Waals surface area contributed by atoms with Crippen molar-refractivity contribution in [3.63, 3.8) is 0 Å². The molecule has 172 valence electrons. The molecule has 31 heavy (non-hydrogen) atoms. The Labute approximate surface area is 190 Å². The van der Waals surface area contributed by atoms with Crippen molar-refractivity contribution in [2.45, 2.75) is 71.0 Å². The molecule has 0 N–H and O–H groups in total. The molecular weight excluding hydrogens is 418 g/mol. The average Bonchev–Trinajstić information content (AvgIpc) is 2.69. The van der Waals surface area contributed by atoms with Gasteiger partial charge in [0.05, 0.1) is 5.56 Å². The van der Waals surface area contributed by atoms with E-state index in [1.807, 2.05) is 25.7 Å². The minimum Gasteiger partial charge on any atom is -0.474 e. The maximum absolute atomic E-state index is 12.3. The van der Waals surface area contributed by atoms with E-state index in [1.165, 1.54) is 4.90 Å². The Morgan fingerprint density at radius 1 is 1.13 bits per heavy atom. The third-order valence-corrected chi connectivity index (χ3v) is 6.50. The summed E-state index contributed by atoms with van der Waals surface area (Å²) in [6, 6.07) is 3.38. The van der Waals surface area contributed by atoms with Crippen LogP contribution in [0.4, 0.5) is 4.79 Å². The summed E-state index contributed by atoms with van der Waals surface area (Å²) < 4.78 is 11.6. The fraction of sp³-hybridized carbons (Fsp3) is 0.696. The summed E-state index contributed by atoms with van der Waals surface area (Å²) in [5.41, 5.74) is 0.195. The zero-order chi connectivity index (χ0) is 22.8. The monoisotopic (exact) mass is 451 g/mol. The molecule has 1 aliphatic carbocycles. The van der Waals surface area contributed by atoms with Crippen LogP contribution in [0.1, 0.15) is 69.7 Å². The van der Waals surface area contributed by atoms with Crippen LogP contribution >= 0.6 is 11.6 Å². The van der Waals surface area contributed by atoms with E-state index < -0.39 is 5.60 Å². The number of hydrogen-bond donors (Lipinski definition) is 0. The molecule has 7 nitrogen and oxygen atoms in total. The van der Waals surface area contributed by atoms with E-state index in [2.05, 4.69) is 4.98 Å². The van der Waals surface area contributed by atoms with Crippen molar-refractivity contribution in [2.75, 3.05) is 27.2 Å². The van der Waals surface area contributed by atoms with E-state index in [-0.39, 0.29) is 28.7 Å². The lowest BCUT2D eigenvalue weighted by Gasteiger charge is -2.45. The summed E-state index contributed by atoms with van der Waals surface area (Å²) in [4.78, 5) is 32.0. The van der Waals surface area contributed by atoms with Gasteiger partial charge in [-0.3, -0.25) is 4.79 Å². The smallest absolute Gasteiger partial charge is 0.410 e. The summed E-state index contributed by atoms with van der Waals surface area (Å²) in [7, 11) is 3.36. The summed E-state index contributed by atoms with van der Waals surface area (Å²) in [5, 5.41) is 0.165. The Kier molecular flexibility index (Phi) is 7.04. The van der Waals surface area contributed by atoms with Crippen LogP contribution in [0, 0.1) is 5.41 Å². The standard InChI is InChI=1S/C23H34ClN3O4/c1-22(2,3)31-21(29)27-14-12-23(13-15-27)10-8-16(9-11-23)30-18-7-6-17(19(24)25-18)20(28)26(4)5/h6-7,16H,8-15H2,1-5H3. The van der Waals surface area contributed by atoms with Gasteiger partial charge in [-0.25, -0.2) is 9.78 Å². The number of rotatable bonds is 3. The molecule has 0 unspecified atom stereocenters. The van der Waals surface area contributed by atoms with Gasteiger partial charge in [0.1, 0.15) is 16.9 Å². The van der Waals surface area contributed by atoms with E-state index in [1.54, 1.807) is 26.2 Å². The molecule has 1 spiro atoms. The fourth-order valence-corrected chi connectivity index (χ4v) is 4.59. The van der Waals surface area contributed by atoms with Gasteiger partial charge in [0, 0.05) is 33.3 Å². The first-order valence-electron chi connectivity index (χ1n) is 11.0. The topological polar surface area (TPSA) is 72.0 Å². The SMILES string of the molecule is CN(C)C(=O)c1ccc(OC2CCC3(CC2)CCN(C(=O)OC(C)(C)C)CC3)nc1Cl. The quantitative estimate of drug-likeness (QED) is 0.618. The molecule has 3 rings (SSSR count). The number of likely N-dealkylation sites (tertiary alicyclic amines) is 1. The van der Waals surface area contributed by atoms with Crippen molar-refractivity contribution in [3.8, 4) is 5.88 Å². The molecule has 1 saturated carbocycles. The maximum Gasteiger partial charge on any atom is 0.410 e. The number of ether oxygens (including phenoxy) is 2. The van der Waals surface area contributed by atoms with Crippen LogP contribution in [-0.2, 0) is 4.74 Å². The number of carbonyl (C=O) groups is 2. The Morgan fingerprint density at radius 2 is 1.74 bits per heavy atom. The van der Waals surface area contributed by atoms with Crippen LogP contribution in [0.15, 0.2) is 12.1 Å². The van der Waals surface area contributed by atoms with Gasteiger partial charge in [0.25, 0.3) is 5.91 Å². The minimum absolute atomic E-state index is 0.0912. The lowest BCUT2D eigenvalue weighted by Crippen LogP contribution is -2.46. The van der Waals surface area contributed by atoms with E-state index in [4.69, 9.17) is 21.1 Å². The van der Waals surface area contributed by atoms with Gasteiger partial charge in [-0.2, -0.15) is 0 Å². The molecular formula is C23H34ClN3O4. The lowest BCUT2D eigenvalue weighted by atomic mass is 9.67. The first-order chi connectivity index (χ1) is 14.5. The van der Waals surface area contributed by atoms with Gasteiger partial charge in [-0.15, -0.1) is 0 Å². The molecule has 0 bridgehead atoms. The van der Waals surface area contributed by atoms with Crippen LogP contribution in [0.25, 0.3) is 0 Å². The minimum atomic E-state index is -0.462. The zero-order valence-corrected chi connectivity index (χ0v) is 20.0. The van der Waals surface area contributed by atoms with Gasteiger partial charge < -0.3 is 19.3 Å². The molecule has 0 aromatic carbocycles. The van der Waals surface area contributed by atoms with E-state index >= 15 is 0 Å². The normalized spacial score (nSPS) is 19.2. The number of halogens is 1. The molecule has 1 aromatic rings. The second kappa shape index (κ2) is 9.23. The van der Waals surface area contributed by atoms with Crippen LogP contribution in [0.3, 0.4) is 0 Å². The predicted octanol–water partition coefficient (Wildman–Crippen LogP) is 4.78.